The van der Waals surface area contributed by atoms with Crippen molar-refractivity contribution in [3.63, 3.8) is 0 Å². The summed E-state index contributed by atoms with van der Waals surface area (Å²) < 4.78 is 49.1. The minimum Gasteiger partial charge on any atom is -0.496 e. The average Bonchev–Trinajstić information content (AvgIpc) is 2.72. The summed E-state index contributed by atoms with van der Waals surface area (Å²) in [4.78, 5) is 12.6. The molecule has 0 radical (unpaired) electrons. The van der Waals surface area contributed by atoms with E-state index in [2.05, 4.69) is 5.32 Å². The quantitative estimate of drug-likeness (QED) is 0.549. The van der Waals surface area contributed by atoms with E-state index in [1.165, 1.54) is 19.2 Å². The number of carbonyl (C=O) groups excluding carboxylic acids is 1. The van der Waals surface area contributed by atoms with E-state index in [1.54, 1.807) is 18.2 Å². The highest BCUT2D eigenvalue weighted by Crippen LogP contribution is 2.30. The fourth-order valence-electron chi connectivity index (χ4n) is 2.84. The van der Waals surface area contributed by atoms with Crippen LogP contribution in [0.4, 0.5) is 18.9 Å². The molecule has 3 aromatic rings. The number of alkyl halides is 3. The van der Waals surface area contributed by atoms with Crippen LogP contribution in [0.1, 0.15) is 27.0 Å². The third kappa shape index (κ3) is 5.31. The Kier molecular flexibility index (Phi) is 6.30. The molecular weight excluding hydrogens is 395 g/mol. The third-order valence-corrected chi connectivity index (χ3v) is 4.40. The van der Waals surface area contributed by atoms with Gasteiger partial charge in [-0.25, -0.2) is 0 Å². The zero-order valence-corrected chi connectivity index (χ0v) is 16.4. The van der Waals surface area contributed by atoms with Gasteiger partial charge in [0.05, 0.1) is 12.7 Å². The molecule has 0 heterocycles. The number of carbonyl (C=O) groups is 1. The molecule has 0 aliphatic rings. The van der Waals surface area contributed by atoms with E-state index in [1.807, 2.05) is 31.2 Å². The number of aryl methyl sites for hydroxylation is 1. The first-order chi connectivity index (χ1) is 14.3. The molecule has 0 fully saturated rings. The SMILES string of the molecule is COc1ccc(C(=O)Nc2ccc(C(F)(F)F)cc2)cc1COc1cccc(C)c1. The minimum atomic E-state index is -4.43. The van der Waals surface area contributed by atoms with Crippen LogP contribution >= 0.6 is 0 Å². The molecule has 0 atom stereocenters. The molecule has 4 nitrogen and oxygen atoms in total. The smallest absolute Gasteiger partial charge is 0.416 e. The Bertz CT molecular complexity index is 1030. The van der Waals surface area contributed by atoms with Crippen molar-refractivity contribution in [2.45, 2.75) is 19.7 Å². The molecule has 0 unspecified atom stereocenters. The Hall–Kier alpha value is -3.48. The highest BCUT2D eigenvalue weighted by atomic mass is 19.4. The molecule has 0 aliphatic carbocycles. The number of hydrogen-bond acceptors (Lipinski definition) is 3. The molecule has 1 N–H and O–H groups in total. The highest BCUT2D eigenvalue weighted by Gasteiger charge is 2.30. The maximum absolute atomic E-state index is 12.7. The molecule has 1 amide bonds. The van der Waals surface area contributed by atoms with Crippen molar-refractivity contribution in [3.05, 3.63) is 89.0 Å². The number of amides is 1. The van der Waals surface area contributed by atoms with E-state index in [4.69, 9.17) is 9.47 Å². The van der Waals surface area contributed by atoms with Gasteiger partial charge >= 0.3 is 6.18 Å². The second-order valence-corrected chi connectivity index (χ2v) is 6.66. The fraction of sp³-hybridized carbons (Fsp3) is 0.174. The van der Waals surface area contributed by atoms with E-state index < -0.39 is 17.6 Å². The van der Waals surface area contributed by atoms with E-state index >= 15 is 0 Å². The molecule has 156 valence electrons. The monoisotopic (exact) mass is 415 g/mol. The molecule has 7 heteroatoms. The number of methoxy groups -OCH3 is 1. The number of hydrogen-bond donors (Lipinski definition) is 1. The lowest BCUT2D eigenvalue weighted by Gasteiger charge is -2.13. The fourth-order valence-corrected chi connectivity index (χ4v) is 2.84. The predicted molar refractivity (Wildman–Crippen MR) is 108 cm³/mol. The lowest BCUT2D eigenvalue weighted by Crippen LogP contribution is -2.13. The largest absolute Gasteiger partial charge is 0.496 e. The van der Waals surface area contributed by atoms with Crippen molar-refractivity contribution in [3.8, 4) is 11.5 Å². The van der Waals surface area contributed by atoms with Crippen LogP contribution in [0, 0.1) is 6.92 Å². The standard InChI is InChI=1S/C23H20F3NO3/c1-15-4-3-5-20(12-15)30-14-17-13-16(6-11-21(17)29-2)22(28)27-19-9-7-18(8-10-19)23(24,25)26/h3-13H,14H2,1-2H3,(H,27,28). The first-order valence-electron chi connectivity index (χ1n) is 9.11. The Morgan fingerprint density at radius 1 is 1.00 bits per heavy atom. The molecule has 0 bridgehead atoms. The number of rotatable bonds is 6. The topological polar surface area (TPSA) is 47.6 Å². The van der Waals surface area contributed by atoms with Gasteiger partial charge < -0.3 is 14.8 Å². The minimum absolute atomic E-state index is 0.189. The van der Waals surface area contributed by atoms with E-state index in [0.29, 0.717) is 22.6 Å². The zero-order chi connectivity index (χ0) is 21.7. The zero-order valence-electron chi connectivity index (χ0n) is 16.4. The molecule has 0 saturated carbocycles. The van der Waals surface area contributed by atoms with Gasteiger partial charge in [-0.15, -0.1) is 0 Å². The van der Waals surface area contributed by atoms with Gasteiger partial charge in [-0.2, -0.15) is 13.2 Å². The molecule has 30 heavy (non-hydrogen) atoms. The lowest BCUT2D eigenvalue weighted by atomic mass is 10.1. The summed E-state index contributed by atoms with van der Waals surface area (Å²) in [5.74, 6) is 0.805. The summed E-state index contributed by atoms with van der Waals surface area (Å²) in [5, 5.41) is 2.59. The second-order valence-electron chi connectivity index (χ2n) is 6.66. The first-order valence-corrected chi connectivity index (χ1v) is 9.11. The van der Waals surface area contributed by atoms with Crippen LogP contribution in [0.2, 0.25) is 0 Å². The van der Waals surface area contributed by atoms with Gasteiger partial charge in [-0.1, -0.05) is 12.1 Å². The number of halogens is 3. The second kappa shape index (κ2) is 8.90. The van der Waals surface area contributed by atoms with Crippen LogP contribution in [0.15, 0.2) is 66.7 Å². The number of benzene rings is 3. The van der Waals surface area contributed by atoms with Crippen molar-refractivity contribution >= 4 is 11.6 Å². The third-order valence-electron chi connectivity index (χ3n) is 4.40. The van der Waals surface area contributed by atoms with Crippen molar-refractivity contribution in [1.29, 1.82) is 0 Å². The Balaban J connectivity index is 1.73. The van der Waals surface area contributed by atoms with Gasteiger partial charge in [-0.3, -0.25) is 4.79 Å². The molecule has 3 aromatic carbocycles. The van der Waals surface area contributed by atoms with Crippen molar-refractivity contribution < 1.29 is 27.4 Å². The first kappa shape index (κ1) is 21.2. The maximum atomic E-state index is 12.7. The molecular formula is C23H20F3NO3. The number of anilines is 1. The van der Waals surface area contributed by atoms with Crippen LogP contribution in [-0.2, 0) is 12.8 Å². The van der Waals surface area contributed by atoms with Crippen LogP contribution in [-0.4, -0.2) is 13.0 Å². The van der Waals surface area contributed by atoms with Gasteiger partial charge in [-0.05, 0) is 67.1 Å². The van der Waals surface area contributed by atoms with Crippen LogP contribution in [0.5, 0.6) is 11.5 Å². The highest BCUT2D eigenvalue weighted by molar-refractivity contribution is 6.04. The van der Waals surface area contributed by atoms with Gasteiger partial charge in [0.25, 0.3) is 5.91 Å². The van der Waals surface area contributed by atoms with Crippen LogP contribution in [0.3, 0.4) is 0 Å². The van der Waals surface area contributed by atoms with E-state index in [-0.39, 0.29) is 12.3 Å². The average molecular weight is 415 g/mol. The normalized spacial score (nSPS) is 11.1. The summed E-state index contributed by atoms with van der Waals surface area (Å²) in [6, 6.07) is 16.7. The summed E-state index contributed by atoms with van der Waals surface area (Å²) >= 11 is 0. The summed E-state index contributed by atoms with van der Waals surface area (Å²) in [6.45, 7) is 2.15. The van der Waals surface area contributed by atoms with Crippen LogP contribution < -0.4 is 14.8 Å². The van der Waals surface area contributed by atoms with Crippen molar-refractivity contribution in [2.24, 2.45) is 0 Å². The van der Waals surface area contributed by atoms with Crippen LogP contribution in [0.25, 0.3) is 0 Å². The molecule has 0 aromatic heterocycles. The maximum Gasteiger partial charge on any atom is 0.416 e. The summed E-state index contributed by atoms with van der Waals surface area (Å²) in [6.07, 6.45) is -4.43. The Morgan fingerprint density at radius 3 is 2.37 bits per heavy atom. The summed E-state index contributed by atoms with van der Waals surface area (Å²) in [7, 11) is 1.52. The van der Waals surface area contributed by atoms with Gasteiger partial charge in [0.1, 0.15) is 18.1 Å². The van der Waals surface area contributed by atoms with Gasteiger partial charge in [0.15, 0.2) is 0 Å². The van der Waals surface area contributed by atoms with Gasteiger partial charge in [0.2, 0.25) is 0 Å². The number of ether oxygens (including phenoxy) is 2. The predicted octanol–water partition coefficient (Wildman–Crippen LogP) is 5.85. The molecule has 0 saturated heterocycles. The van der Waals surface area contributed by atoms with Crippen molar-refractivity contribution in [1.82, 2.24) is 0 Å². The molecule has 3 rings (SSSR count). The van der Waals surface area contributed by atoms with Crippen molar-refractivity contribution in [2.75, 3.05) is 12.4 Å². The Labute approximate surface area is 172 Å². The Morgan fingerprint density at radius 2 is 1.73 bits per heavy atom. The van der Waals surface area contributed by atoms with E-state index in [9.17, 15) is 18.0 Å². The number of nitrogens with one attached hydrogen (secondary N) is 1. The molecule has 0 aliphatic heterocycles. The van der Waals surface area contributed by atoms with Gasteiger partial charge in [0, 0.05) is 16.8 Å². The van der Waals surface area contributed by atoms with E-state index in [0.717, 1.165) is 17.7 Å². The summed E-state index contributed by atoms with van der Waals surface area (Å²) in [5.41, 5.74) is 1.55. The lowest BCUT2D eigenvalue weighted by molar-refractivity contribution is -0.137. The molecule has 0 spiro atoms.